The number of nitrogens with one attached hydrogen (secondary N) is 2. The first-order valence-corrected chi connectivity index (χ1v) is 5.69. The third-order valence-corrected chi connectivity index (χ3v) is 2.43. The normalized spacial score (nSPS) is 11.5. The lowest BCUT2D eigenvalue weighted by Gasteiger charge is -2.12. The van der Waals surface area contributed by atoms with Crippen molar-refractivity contribution in [3.05, 3.63) is 35.8 Å². The van der Waals surface area contributed by atoms with E-state index in [4.69, 9.17) is 4.42 Å². The summed E-state index contributed by atoms with van der Waals surface area (Å²) in [4.78, 5) is 16.0. The van der Waals surface area contributed by atoms with Crippen LogP contribution in [0.5, 0.6) is 0 Å². The smallest absolute Gasteiger partial charge is 0.291 e. The summed E-state index contributed by atoms with van der Waals surface area (Å²) in [5, 5.41) is 9.41. The largest absolute Gasteiger partial charge is 0.472 e. The molecule has 1 amide bonds. The van der Waals surface area contributed by atoms with Gasteiger partial charge < -0.3 is 9.73 Å². The molecule has 0 atom stereocenters. The highest BCUT2D eigenvalue weighted by molar-refractivity contribution is 5.90. The molecule has 2 aromatic heterocycles. The van der Waals surface area contributed by atoms with E-state index in [1.165, 1.54) is 0 Å². The first kappa shape index (κ1) is 12.3. The van der Waals surface area contributed by atoms with Crippen molar-refractivity contribution in [1.82, 2.24) is 20.5 Å². The molecule has 0 unspecified atom stereocenters. The molecule has 96 valence electrons. The molecule has 0 spiro atoms. The average Bonchev–Trinajstić information content (AvgIpc) is 2.96. The van der Waals surface area contributed by atoms with Gasteiger partial charge in [-0.15, -0.1) is 5.10 Å². The Kier molecular flexibility index (Phi) is 3.18. The second-order valence-corrected chi connectivity index (χ2v) is 5.07. The van der Waals surface area contributed by atoms with Gasteiger partial charge in [0.25, 0.3) is 5.91 Å². The molecule has 0 fully saturated rings. The number of carbonyl (C=O) groups is 1. The van der Waals surface area contributed by atoms with Gasteiger partial charge in [-0.05, 0) is 6.07 Å². The van der Waals surface area contributed by atoms with Gasteiger partial charge in [0.2, 0.25) is 5.82 Å². The first-order chi connectivity index (χ1) is 8.47. The zero-order valence-electron chi connectivity index (χ0n) is 10.7. The lowest BCUT2D eigenvalue weighted by Crippen LogP contribution is -2.24. The Morgan fingerprint density at radius 1 is 1.50 bits per heavy atom. The molecule has 0 aromatic carbocycles. The Hall–Kier alpha value is -2.11. The highest BCUT2D eigenvalue weighted by Crippen LogP contribution is 2.17. The van der Waals surface area contributed by atoms with Crippen LogP contribution in [0.15, 0.2) is 23.0 Å². The van der Waals surface area contributed by atoms with Crippen molar-refractivity contribution in [2.45, 2.75) is 32.7 Å². The maximum absolute atomic E-state index is 11.8. The molecule has 0 saturated heterocycles. The molecular weight excluding hydrogens is 232 g/mol. The minimum absolute atomic E-state index is 0.156. The average molecular weight is 248 g/mol. The number of furan rings is 1. The molecule has 6 heteroatoms. The standard InChI is InChI=1S/C12H16N4O2/c1-12(2,3)11-14-9(15-16-11)10(17)13-6-8-4-5-18-7-8/h4-5,7H,6H2,1-3H3,(H,13,17)(H,14,15,16). The van der Waals surface area contributed by atoms with E-state index in [9.17, 15) is 4.79 Å². The monoisotopic (exact) mass is 248 g/mol. The summed E-state index contributed by atoms with van der Waals surface area (Å²) in [5.74, 6) is 0.544. The molecule has 2 aromatic rings. The second-order valence-electron chi connectivity index (χ2n) is 5.07. The van der Waals surface area contributed by atoms with E-state index in [-0.39, 0.29) is 17.1 Å². The third kappa shape index (κ3) is 2.77. The van der Waals surface area contributed by atoms with Gasteiger partial charge in [0.15, 0.2) is 0 Å². The summed E-state index contributed by atoms with van der Waals surface area (Å²) in [6, 6.07) is 1.79. The fourth-order valence-electron chi connectivity index (χ4n) is 1.35. The second kappa shape index (κ2) is 4.64. The van der Waals surface area contributed by atoms with Crippen LogP contribution < -0.4 is 5.32 Å². The van der Waals surface area contributed by atoms with Gasteiger partial charge in [0, 0.05) is 17.5 Å². The Morgan fingerprint density at radius 3 is 2.83 bits per heavy atom. The number of aromatic nitrogens is 3. The Morgan fingerprint density at radius 2 is 2.28 bits per heavy atom. The van der Waals surface area contributed by atoms with E-state index >= 15 is 0 Å². The fourth-order valence-corrected chi connectivity index (χ4v) is 1.35. The van der Waals surface area contributed by atoms with Crippen LogP contribution in [0.1, 0.15) is 42.8 Å². The summed E-state index contributed by atoms with van der Waals surface area (Å²) in [6.45, 7) is 6.40. The molecule has 0 aliphatic heterocycles. The molecule has 18 heavy (non-hydrogen) atoms. The van der Waals surface area contributed by atoms with E-state index < -0.39 is 0 Å². The minimum atomic E-state index is -0.303. The highest BCUT2D eigenvalue weighted by Gasteiger charge is 2.21. The van der Waals surface area contributed by atoms with Crippen LogP contribution >= 0.6 is 0 Å². The molecule has 6 nitrogen and oxygen atoms in total. The first-order valence-electron chi connectivity index (χ1n) is 5.69. The van der Waals surface area contributed by atoms with Crippen LogP contribution in [-0.2, 0) is 12.0 Å². The highest BCUT2D eigenvalue weighted by atomic mass is 16.3. The van der Waals surface area contributed by atoms with Gasteiger partial charge in [0.1, 0.15) is 5.82 Å². The predicted octanol–water partition coefficient (Wildman–Crippen LogP) is 1.63. The lowest BCUT2D eigenvalue weighted by molar-refractivity contribution is 0.0941. The molecule has 0 bridgehead atoms. The van der Waals surface area contributed by atoms with E-state index in [1.807, 2.05) is 20.8 Å². The van der Waals surface area contributed by atoms with Crippen molar-refractivity contribution < 1.29 is 9.21 Å². The maximum Gasteiger partial charge on any atom is 0.291 e. The van der Waals surface area contributed by atoms with Crippen molar-refractivity contribution in [3.63, 3.8) is 0 Å². The molecule has 2 rings (SSSR count). The number of aromatic amines is 1. The SMILES string of the molecule is CC(C)(C)c1nc(C(=O)NCc2ccoc2)n[nH]1. The molecule has 0 aliphatic rings. The van der Waals surface area contributed by atoms with Crippen molar-refractivity contribution >= 4 is 5.91 Å². The third-order valence-electron chi connectivity index (χ3n) is 2.43. The van der Waals surface area contributed by atoms with Crippen LogP contribution in [0, 0.1) is 0 Å². The van der Waals surface area contributed by atoms with Crippen LogP contribution in [0.4, 0.5) is 0 Å². The zero-order chi connectivity index (χ0) is 13.2. The molecule has 2 heterocycles. The van der Waals surface area contributed by atoms with E-state index in [0.717, 1.165) is 5.56 Å². The quantitative estimate of drug-likeness (QED) is 0.864. The fraction of sp³-hybridized carbons (Fsp3) is 0.417. The van der Waals surface area contributed by atoms with Gasteiger partial charge in [-0.1, -0.05) is 20.8 Å². The van der Waals surface area contributed by atoms with E-state index in [2.05, 4.69) is 20.5 Å². The van der Waals surface area contributed by atoms with Crippen molar-refractivity contribution in [2.75, 3.05) is 0 Å². The number of carbonyl (C=O) groups excluding carboxylic acids is 1. The minimum Gasteiger partial charge on any atom is -0.472 e. The molecular formula is C12H16N4O2. The Bertz CT molecular complexity index is 523. The van der Waals surface area contributed by atoms with Crippen LogP contribution in [0.3, 0.4) is 0 Å². The van der Waals surface area contributed by atoms with Gasteiger partial charge in [-0.2, -0.15) is 0 Å². The van der Waals surface area contributed by atoms with Crippen LogP contribution in [-0.4, -0.2) is 21.1 Å². The topological polar surface area (TPSA) is 83.8 Å². The summed E-state index contributed by atoms with van der Waals surface area (Å²) < 4.78 is 4.91. The van der Waals surface area contributed by atoms with E-state index in [1.54, 1.807) is 18.6 Å². The van der Waals surface area contributed by atoms with Gasteiger partial charge in [0.05, 0.1) is 12.5 Å². The van der Waals surface area contributed by atoms with Gasteiger partial charge in [-0.3, -0.25) is 9.89 Å². The van der Waals surface area contributed by atoms with Gasteiger partial charge in [-0.25, -0.2) is 4.98 Å². The van der Waals surface area contributed by atoms with Crippen molar-refractivity contribution in [1.29, 1.82) is 0 Å². The summed E-state index contributed by atoms with van der Waals surface area (Å²) in [6.07, 6.45) is 3.14. The molecule has 0 aliphatic carbocycles. The number of hydrogen-bond acceptors (Lipinski definition) is 4. The van der Waals surface area contributed by atoms with Crippen molar-refractivity contribution in [3.8, 4) is 0 Å². The molecule has 0 saturated carbocycles. The summed E-state index contributed by atoms with van der Waals surface area (Å²) in [5.41, 5.74) is 0.741. The Balaban J connectivity index is 1.99. The zero-order valence-corrected chi connectivity index (χ0v) is 10.7. The van der Waals surface area contributed by atoms with Gasteiger partial charge >= 0.3 is 0 Å². The lowest BCUT2D eigenvalue weighted by atomic mass is 9.96. The Labute approximate surface area is 105 Å². The predicted molar refractivity (Wildman–Crippen MR) is 65.0 cm³/mol. The van der Waals surface area contributed by atoms with Crippen LogP contribution in [0.2, 0.25) is 0 Å². The number of nitrogens with zero attached hydrogens (tertiary/aromatic N) is 2. The maximum atomic E-state index is 11.8. The number of hydrogen-bond donors (Lipinski definition) is 2. The van der Waals surface area contributed by atoms with Crippen molar-refractivity contribution in [2.24, 2.45) is 0 Å². The van der Waals surface area contributed by atoms with E-state index in [0.29, 0.717) is 12.4 Å². The molecule has 2 N–H and O–H groups in total. The van der Waals surface area contributed by atoms with Crippen LogP contribution in [0.25, 0.3) is 0 Å². The number of H-pyrrole nitrogens is 1. The number of amides is 1. The summed E-state index contributed by atoms with van der Waals surface area (Å²) in [7, 11) is 0. The summed E-state index contributed by atoms with van der Waals surface area (Å²) >= 11 is 0. The molecule has 0 radical (unpaired) electrons. The number of rotatable bonds is 3.